The van der Waals surface area contributed by atoms with Crippen LogP contribution in [0.3, 0.4) is 0 Å². The molecule has 0 saturated heterocycles. The Labute approximate surface area is 117 Å². The van der Waals surface area contributed by atoms with E-state index >= 15 is 0 Å². The lowest BCUT2D eigenvalue weighted by Crippen LogP contribution is -2.09. The molecule has 0 N–H and O–H groups in total. The van der Waals surface area contributed by atoms with Crippen LogP contribution >= 0.6 is 11.6 Å². The van der Waals surface area contributed by atoms with Crippen LogP contribution in [-0.2, 0) is 9.53 Å². The van der Waals surface area contributed by atoms with Crippen molar-refractivity contribution < 1.29 is 19.1 Å². The van der Waals surface area contributed by atoms with Gasteiger partial charge >= 0.3 is 5.97 Å². The van der Waals surface area contributed by atoms with Crippen LogP contribution in [0.1, 0.15) is 23.7 Å². The van der Waals surface area contributed by atoms with E-state index in [4.69, 9.17) is 21.1 Å². The van der Waals surface area contributed by atoms with Crippen LogP contribution in [0.5, 0.6) is 5.75 Å². The number of carbonyl (C=O) groups is 2. The van der Waals surface area contributed by atoms with Crippen molar-refractivity contribution in [2.75, 3.05) is 13.2 Å². The van der Waals surface area contributed by atoms with Gasteiger partial charge in [-0.25, -0.2) is 4.79 Å². The molecular formula is C14H15ClO4. The molecule has 0 heterocycles. The Morgan fingerprint density at radius 2 is 1.84 bits per heavy atom. The third kappa shape index (κ3) is 5.57. The standard InChI is InChI=1S/C14H15ClO4/c1-10(2)14(17)19-9-3-8-18-12-6-4-11(5-7-12)13(15)16/h4-7H,1,3,8-9H2,2H3. The number of hydrogen-bond donors (Lipinski definition) is 0. The second kappa shape index (κ2) is 7.59. The van der Waals surface area contributed by atoms with Gasteiger partial charge in [0.15, 0.2) is 0 Å². The summed E-state index contributed by atoms with van der Waals surface area (Å²) in [6.45, 7) is 5.77. The molecular weight excluding hydrogens is 268 g/mol. The van der Waals surface area contributed by atoms with E-state index in [9.17, 15) is 9.59 Å². The summed E-state index contributed by atoms with van der Waals surface area (Å²) in [6.07, 6.45) is 0.579. The number of esters is 1. The Morgan fingerprint density at radius 1 is 1.21 bits per heavy atom. The maximum Gasteiger partial charge on any atom is 0.333 e. The lowest BCUT2D eigenvalue weighted by atomic mass is 10.2. The number of hydrogen-bond acceptors (Lipinski definition) is 4. The molecule has 0 aliphatic rings. The minimum Gasteiger partial charge on any atom is -0.493 e. The maximum absolute atomic E-state index is 11.1. The average molecular weight is 283 g/mol. The van der Waals surface area contributed by atoms with Gasteiger partial charge in [0.05, 0.1) is 13.2 Å². The fraction of sp³-hybridized carbons (Fsp3) is 0.286. The lowest BCUT2D eigenvalue weighted by molar-refractivity contribution is -0.139. The van der Waals surface area contributed by atoms with Gasteiger partial charge in [-0.3, -0.25) is 4.79 Å². The Bertz CT molecular complexity index is 465. The predicted molar refractivity (Wildman–Crippen MR) is 72.5 cm³/mol. The highest BCUT2D eigenvalue weighted by Gasteiger charge is 2.03. The van der Waals surface area contributed by atoms with E-state index in [1.807, 2.05) is 0 Å². The molecule has 1 aromatic carbocycles. The van der Waals surface area contributed by atoms with E-state index in [1.165, 1.54) is 0 Å². The topological polar surface area (TPSA) is 52.6 Å². The molecule has 1 rings (SSSR count). The lowest BCUT2D eigenvalue weighted by Gasteiger charge is -2.07. The molecule has 5 heteroatoms. The number of rotatable bonds is 7. The van der Waals surface area contributed by atoms with Crippen molar-refractivity contribution in [2.45, 2.75) is 13.3 Å². The van der Waals surface area contributed by atoms with Gasteiger partial charge in [-0.05, 0) is 42.8 Å². The Hall–Kier alpha value is -1.81. The van der Waals surface area contributed by atoms with Gasteiger partial charge in [0.1, 0.15) is 5.75 Å². The third-order valence-electron chi connectivity index (χ3n) is 2.22. The summed E-state index contributed by atoms with van der Waals surface area (Å²) >= 11 is 5.32. The normalized spacial score (nSPS) is 9.79. The monoisotopic (exact) mass is 282 g/mol. The molecule has 0 bridgehead atoms. The van der Waals surface area contributed by atoms with E-state index in [1.54, 1.807) is 31.2 Å². The van der Waals surface area contributed by atoms with Crippen molar-refractivity contribution in [3.8, 4) is 5.75 Å². The first-order chi connectivity index (χ1) is 9.00. The molecule has 0 fully saturated rings. The summed E-state index contributed by atoms with van der Waals surface area (Å²) in [5.41, 5.74) is 0.798. The number of ether oxygens (including phenoxy) is 2. The average Bonchev–Trinajstić information content (AvgIpc) is 2.38. The Balaban J connectivity index is 2.24. The number of carbonyl (C=O) groups excluding carboxylic acids is 2. The zero-order valence-electron chi connectivity index (χ0n) is 10.6. The van der Waals surface area contributed by atoms with E-state index in [2.05, 4.69) is 6.58 Å². The van der Waals surface area contributed by atoms with Crippen molar-refractivity contribution in [1.82, 2.24) is 0 Å². The van der Waals surface area contributed by atoms with Crippen LogP contribution in [0.2, 0.25) is 0 Å². The minimum atomic E-state index is -0.502. The summed E-state index contributed by atoms with van der Waals surface area (Å²) in [6, 6.07) is 6.50. The van der Waals surface area contributed by atoms with Crippen molar-refractivity contribution >= 4 is 22.8 Å². The van der Waals surface area contributed by atoms with Crippen LogP contribution in [0.15, 0.2) is 36.4 Å². The molecule has 0 amide bonds. The van der Waals surface area contributed by atoms with E-state index in [0.29, 0.717) is 29.9 Å². The van der Waals surface area contributed by atoms with Crippen molar-refractivity contribution in [2.24, 2.45) is 0 Å². The van der Waals surface area contributed by atoms with Gasteiger partial charge in [-0.2, -0.15) is 0 Å². The van der Waals surface area contributed by atoms with Crippen LogP contribution < -0.4 is 4.74 Å². The van der Waals surface area contributed by atoms with Crippen LogP contribution in [0.4, 0.5) is 0 Å². The summed E-state index contributed by atoms with van der Waals surface area (Å²) in [7, 11) is 0. The molecule has 102 valence electrons. The Morgan fingerprint density at radius 3 is 2.37 bits per heavy atom. The third-order valence-corrected chi connectivity index (χ3v) is 2.44. The molecule has 19 heavy (non-hydrogen) atoms. The van der Waals surface area contributed by atoms with Crippen molar-refractivity contribution in [3.63, 3.8) is 0 Å². The van der Waals surface area contributed by atoms with E-state index in [0.717, 1.165) is 0 Å². The number of halogens is 1. The minimum absolute atomic E-state index is 0.282. The predicted octanol–water partition coefficient (Wildman–Crippen LogP) is 2.95. The second-order valence-corrected chi connectivity index (χ2v) is 4.26. The Kier molecular flexibility index (Phi) is 6.09. The molecule has 4 nitrogen and oxygen atoms in total. The molecule has 0 unspecified atom stereocenters. The highest BCUT2D eigenvalue weighted by Crippen LogP contribution is 2.13. The molecule has 1 aromatic rings. The van der Waals surface area contributed by atoms with Gasteiger partial charge < -0.3 is 9.47 Å². The van der Waals surface area contributed by atoms with Gasteiger partial charge in [-0.15, -0.1) is 0 Å². The molecule has 0 radical (unpaired) electrons. The number of benzene rings is 1. The van der Waals surface area contributed by atoms with Gasteiger partial charge in [0.25, 0.3) is 5.24 Å². The fourth-order valence-electron chi connectivity index (χ4n) is 1.22. The summed E-state index contributed by atoms with van der Waals surface area (Å²) < 4.78 is 10.3. The first-order valence-corrected chi connectivity index (χ1v) is 6.14. The first-order valence-electron chi connectivity index (χ1n) is 5.76. The highest BCUT2D eigenvalue weighted by molar-refractivity contribution is 6.67. The molecule has 0 spiro atoms. The molecule has 0 saturated carbocycles. The van der Waals surface area contributed by atoms with Crippen molar-refractivity contribution in [3.05, 3.63) is 42.0 Å². The van der Waals surface area contributed by atoms with Gasteiger partial charge in [0, 0.05) is 17.6 Å². The second-order valence-electron chi connectivity index (χ2n) is 3.92. The van der Waals surface area contributed by atoms with E-state index < -0.39 is 11.2 Å². The van der Waals surface area contributed by atoms with Gasteiger partial charge in [0.2, 0.25) is 0 Å². The van der Waals surface area contributed by atoms with Crippen LogP contribution in [0, 0.1) is 0 Å². The van der Waals surface area contributed by atoms with Crippen molar-refractivity contribution in [1.29, 1.82) is 0 Å². The van der Waals surface area contributed by atoms with Crippen LogP contribution in [-0.4, -0.2) is 24.4 Å². The quantitative estimate of drug-likeness (QED) is 0.334. The SMILES string of the molecule is C=C(C)C(=O)OCCCOc1ccc(C(=O)Cl)cc1. The zero-order valence-corrected chi connectivity index (χ0v) is 11.4. The first kappa shape index (κ1) is 15.2. The van der Waals surface area contributed by atoms with E-state index in [-0.39, 0.29) is 6.61 Å². The largest absolute Gasteiger partial charge is 0.493 e. The van der Waals surface area contributed by atoms with Gasteiger partial charge in [-0.1, -0.05) is 6.58 Å². The fourth-order valence-corrected chi connectivity index (χ4v) is 1.35. The zero-order chi connectivity index (χ0) is 14.3. The highest BCUT2D eigenvalue weighted by atomic mass is 35.5. The molecule has 0 aromatic heterocycles. The summed E-state index contributed by atoms with van der Waals surface area (Å²) in [5.74, 6) is 0.234. The molecule has 0 aliphatic carbocycles. The smallest absolute Gasteiger partial charge is 0.333 e. The molecule has 0 aliphatic heterocycles. The maximum atomic E-state index is 11.1. The van der Waals surface area contributed by atoms with Crippen LogP contribution in [0.25, 0.3) is 0 Å². The molecule has 0 atom stereocenters. The summed E-state index contributed by atoms with van der Waals surface area (Å²) in [4.78, 5) is 21.9. The summed E-state index contributed by atoms with van der Waals surface area (Å²) in [5, 5.41) is -0.502.